The Balaban J connectivity index is 0.000000244. The van der Waals surface area contributed by atoms with Crippen molar-refractivity contribution in [2.75, 3.05) is 0 Å². The number of nitrogens with zero attached hydrogens (tertiary/aromatic N) is 3. The van der Waals surface area contributed by atoms with Gasteiger partial charge in [-0.1, -0.05) is 176 Å². The fourth-order valence-electron chi connectivity index (χ4n) is 8.06. The maximum Gasteiger partial charge on any atom is 0.0774 e. The molecule has 3 heterocycles. The molecule has 0 aliphatic carbocycles. The van der Waals surface area contributed by atoms with Crippen LogP contribution in [-0.2, 0) is 20.1 Å². The molecule has 11 rings (SSSR count). The number of hydrogen-bond acceptors (Lipinski definition) is 3. The first-order chi connectivity index (χ1) is 33.4. The number of hydrogen-bond donors (Lipinski definition) is 0. The first-order valence-electron chi connectivity index (χ1n) is 23.7. The summed E-state index contributed by atoms with van der Waals surface area (Å²) in [6.07, 6.45) is 4.58. The molecule has 4 nitrogen and oxygen atoms in total. The monoisotopic (exact) mass is 1010 g/mol. The number of aromatic nitrogens is 3. The molecule has 0 bridgehead atoms. The second-order valence-electron chi connectivity index (χ2n) is 15.4. The molecule has 0 spiro atoms. The van der Waals surface area contributed by atoms with Gasteiger partial charge in [0.25, 0.3) is 0 Å². The van der Waals surface area contributed by atoms with E-state index in [1.54, 1.807) is 12.1 Å². The predicted molar refractivity (Wildman–Crippen MR) is 260 cm³/mol. The summed E-state index contributed by atoms with van der Waals surface area (Å²) >= 11 is 0. The van der Waals surface area contributed by atoms with Crippen LogP contribution in [0.5, 0.6) is 0 Å². The van der Waals surface area contributed by atoms with Crippen LogP contribution in [0.2, 0.25) is 0 Å². The van der Waals surface area contributed by atoms with Crippen molar-refractivity contribution in [2.24, 2.45) is 0 Å². The number of para-hydroxylation sites is 2. The second-order valence-corrected chi connectivity index (χ2v) is 15.4. The van der Waals surface area contributed by atoms with E-state index in [4.69, 9.17) is 17.6 Å². The molecule has 5 heteroatoms. The average Bonchev–Trinajstić information content (AvgIpc) is 3.98. The van der Waals surface area contributed by atoms with Crippen molar-refractivity contribution in [2.45, 2.75) is 20.6 Å². The molecule has 64 heavy (non-hydrogen) atoms. The van der Waals surface area contributed by atoms with Crippen LogP contribution < -0.4 is 0 Å². The van der Waals surface area contributed by atoms with Gasteiger partial charge in [0.2, 0.25) is 0 Å². The molecule has 0 unspecified atom stereocenters. The number of imidazole rings is 1. The maximum absolute atomic E-state index is 7.28. The van der Waals surface area contributed by atoms with E-state index in [9.17, 15) is 0 Å². The normalized spacial score (nSPS) is 12.7. The van der Waals surface area contributed by atoms with Crippen LogP contribution in [0.1, 0.15) is 24.9 Å². The minimum absolute atomic E-state index is 0. The minimum Gasteiger partial charge on any atom is -0.557 e. The van der Waals surface area contributed by atoms with Gasteiger partial charge in [0.15, 0.2) is 0 Å². The van der Waals surface area contributed by atoms with Crippen molar-refractivity contribution >= 4 is 22.0 Å². The smallest absolute Gasteiger partial charge is 0.0774 e. The molecular formula is C59H43IrN3O-2. The Morgan fingerprint density at radius 3 is 1.73 bits per heavy atom. The number of fused-ring (bicyclic) bond motifs is 2. The Kier molecular flexibility index (Phi) is 10.1. The van der Waals surface area contributed by atoms with E-state index >= 15 is 0 Å². The van der Waals surface area contributed by atoms with Gasteiger partial charge in [0.1, 0.15) is 0 Å². The van der Waals surface area contributed by atoms with E-state index in [1.165, 1.54) is 41.1 Å². The molecule has 311 valence electrons. The van der Waals surface area contributed by atoms with E-state index < -0.39 is 13.7 Å². The topological polar surface area (TPSA) is 43.9 Å². The zero-order valence-electron chi connectivity index (χ0n) is 40.7. The van der Waals surface area contributed by atoms with Crippen LogP contribution in [0.4, 0.5) is 0 Å². The molecule has 0 aliphatic heterocycles. The molecule has 8 aromatic carbocycles. The molecule has 0 saturated heterocycles. The molecule has 1 radical (unpaired) electrons. The first-order valence-corrected chi connectivity index (χ1v) is 20.7. The molecule has 0 atom stereocenters. The van der Waals surface area contributed by atoms with Gasteiger partial charge < -0.3 is 14.0 Å². The molecule has 0 amide bonds. The summed E-state index contributed by atoms with van der Waals surface area (Å²) in [7, 11) is 0. The number of aryl methyl sites for hydroxylation is 3. The SMILES string of the molecule is Cc1cc(-c2ccccc2)c(-n2c(-c3[c-]oc4ccc(-c5ccc(-c6ccccc6)cc5)cc34)nc3ccccc32)c(-c2ccccc2)c1.[2H]C([2H])([2H])c1c[c-]c(-c2ccc(C([2H])([2H])[2H])cn2)cc1.[Ir]. The third-order valence-corrected chi connectivity index (χ3v) is 11.1. The van der Waals surface area contributed by atoms with Gasteiger partial charge in [-0.25, -0.2) is 0 Å². The van der Waals surface area contributed by atoms with E-state index in [2.05, 4.69) is 180 Å². The van der Waals surface area contributed by atoms with Crippen molar-refractivity contribution in [3.05, 3.63) is 235 Å². The Morgan fingerprint density at radius 1 is 0.547 bits per heavy atom. The van der Waals surface area contributed by atoms with Gasteiger partial charge in [0.05, 0.1) is 22.5 Å². The summed E-state index contributed by atoms with van der Waals surface area (Å²) in [5, 5.41) is 0.968. The van der Waals surface area contributed by atoms with Gasteiger partial charge in [-0.2, -0.15) is 0 Å². The van der Waals surface area contributed by atoms with E-state index in [0.29, 0.717) is 11.3 Å². The Labute approximate surface area is 396 Å². The van der Waals surface area contributed by atoms with Crippen LogP contribution in [-0.4, -0.2) is 14.5 Å². The van der Waals surface area contributed by atoms with Crippen molar-refractivity contribution < 1.29 is 32.7 Å². The summed E-state index contributed by atoms with van der Waals surface area (Å²) in [5.41, 5.74) is 16.5. The predicted octanol–water partition coefficient (Wildman–Crippen LogP) is 15.4. The summed E-state index contributed by atoms with van der Waals surface area (Å²) < 4.78 is 52.1. The minimum atomic E-state index is -2.18. The van der Waals surface area contributed by atoms with E-state index in [0.717, 1.165) is 72.5 Å². The van der Waals surface area contributed by atoms with Crippen LogP contribution in [0, 0.1) is 33.0 Å². The van der Waals surface area contributed by atoms with Crippen molar-refractivity contribution in [1.82, 2.24) is 14.5 Å². The van der Waals surface area contributed by atoms with Crippen molar-refractivity contribution in [3.8, 4) is 72.8 Å². The Morgan fingerprint density at radius 2 is 1.12 bits per heavy atom. The van der Waals surface area contributed by atoms with Crippen LogP contribution in [0.25, 0.3) is 94.8 Å². The summed E-state index contributed by atoms with van der Waals surface area (Å²) in [6.45, 7) is -2.17. The summed E-state index contributed by atoms with van der Waals surface area (Å²) in [4.78, 5) is 9.37. The third-order valence-electron chi connectivity index (χ3n) is 11.1. The number of benzene rings is 8. The summed E-state index contributed by atoms with van der Waals surface area (Å²) in [6, 6.07) is 70.2. The number of pyridine rings is 1. The van der Waals surface area contributed by atoms with Gasteiger partial charge in [0, 0.05) is 57.5 Å². The quantitative estimate of drug-likeness (QED) is 0.149. The number of rotatable bonds is 7. The zero-order chi connectivity index (χ0) is 47.7. The van der Waals surface area contributed by atoms with Crippen molar-refractivity contribution in [1.29, 1.82) is 0 Å². The van der Waals surface area contributed by atoms with Gasteiger partial charge in [-0.15, -0.1) is 35.4 Å². The largest absolute Gasteiger partial charge is 0.557 e. The molecule has 11 aromatic rings. The van der Waals surface area contributed by atoms with Crippen molar-refractivity contribution in [3.63, 3.8) is 0 Å². The van der Waals surface area contributed by atoms with Crippen LogP contribution in [0.3, 0.4) is 0 Å². The molecule has 3 aromatic heterocycles. The molecular weight excluding hydrogens is 959 g/mol. The van der Waals surface area contributed by atoms with E-state index in [1.807, 2.05) is 18.2 Å². The van der Waals surface area contributed by atoms with Gasteiger partial charge in [-0.3, -0.25) is 4.98 Å². The fourth-order valence-corrected chi connectivity index (χ4v) is 8.06. The second kappa shape index (κ2) is 18.5. The van der Waals surface area contributed by atoms with Crippen LogP contribution >= 0.6 is 0 Å². The fraction of sp³-hybridized carbons (Fsp3) is 0.0508. The average molecular weight is 1010 g/mol. The molecule has 0 fully saturated rings. The standard InChI is InChI=1S/C46H31N2O.C13H12N.Ir/c1-31-27-38(35-15-7-3-8-16-35)45(39(28-31)36-17-9-4-10-18-36)48-43-20-12-11-19-42(43)47-46(48)41-30-49-44-26-25-37(29-40(41)44)34-23-21-33(22-24-34)32-13-5-2-6-14-32;1-10-3-6-12(7-4-10)13-8-5-11(2)9-14-13;/h2-29H,1H3;3-6,8-9H,1-2H3;/q2*-1;/i;1D3,2D3;. The van der Waals surface area contributed by atoms with Gasteiger partial charge in [-0.05, 0) is 88.2 Å². The van der Waals surface area contributed by atoms with Gasteiger partial charge >= 0.3 is 0 Å². The van der Waals surface area contributed by atoms with Crippen LogP contribution in [0.15, 0.2) is 211 Å². The third kappa shape index (κ3) is 8.52. The van der Waals surface area contributed by atoms with E-state index in [-0.39, 0.29) is 31.2 Å². The zero-order valence-corrected chi connectivity index (χ0v) is 37.1. The first kappa shape index (κ1) is 35.1. The number of furan rings is 1. The molecule has 0 saturated carbocycles. The molecule has 0 N–H and O–H groups in total. The summed E-state index contributed by atoms with van der Waals surface area (Å²) in [5.74, 6) is 0.787. The Bertz CT molecular complexity index is 3440. The maximum atomic E-state index is 7.28. The Hall–Kier alpha value is -7.43. The molecule has 0 aliphatic rings.